The van der Waals surface area contributed by atoms with Crippen molar-refractivity contribution in [2.75, 3.05) is 13.1 Å². The van der Waals surface area contributed by atoms with E-state index in [2.05, 4.69) is 5.32 Å². The molecule has 0 aliphatic carbocycles. The van der Waals surface area contributed by atoms with Crippen molar-refractivity contribution in [2.45, 2.75) is 12.3 Å². The lowest BCUT2D eigenvalue weighted by atomic mass is 9.94. The van der Waals surface area contributed by atoms with E-state index in [4.69, 9.17) is 0 Å². The molecule has 1 heterocycles. The van der Waals surface area contributed by atoms with Gasteiger partial charge in [-0.15, -0.1) is 0 Å². The van der Waals surface area contributed by atoms with Gasteiger partial charge in [-0.25, -0.2) is 0 Å². The van der Waals surface area contributed by atoms with E-state index in [0.717, 1.165) is 31.4 Å². The molecule has 0 amide bonds. The monoisotopic (exact) mass is 191 g/mol. The summed E-state index contributed by atoms with van der Waals surface area (Å²) in [7, 11) is 0. The Balaban J connectivity index is 2.37. The number of rotatable bonds is 2. The molecule has 0 saturated carbocycles. The first-order valence-corrected chi connectivity index (χ1v) is 4.80. The van der Waals surface area contributed by atoms with Gasteiger partial charge in [0.05, 0.1) is 0 Å². The molecule has 0 spiro atoms. The van der Waals surface area contributed by atoms with Crippen LogP contribution in [0.4, 0.5) is 0 Å². The Labute approximate surface area is 82.8 Å². The van der Waals surface area contributed by atoms with E-state index in [9.17, 15) is 9.90 Å². The first-order valence-electron chi connectivity index (χ1n) is 4.80. The van der Waals surface area contributed by atoms with Crippen LogP contribution in [0.1, 0.15) is 28.3 Å². The SMILES string of the molecule is O=Cc1ccc(O)cc1C1CCNC1. The molecule has 1 fully saturated rings. The zero-order valence-corrected chi connectivity index (χ0v) is 7.86. The first-order chi connectivity index (χ1) is 6.81. The predicted molar refractivity (Wildman–Crippen MR) is 53.7 cm³/mol. The standard InChI is InChI=1S/C11H13NO2/c13-7-9-1-2-10(14)5-11(9)8-3-4-12-6-8/h1-2,5,7-8,12,14H,3-4,6H2. The molecule has 1 unspecified atom stereocenters. The maximum absolute atomic E-state index is 10.8. The Morgan fingerprint density at radius 3 is 3.00 bits per heavy atom. The van der Waals surface area contributed by atoms with Crippen LogP contribution in [0.5, 0.6) is 5.75 Å². The Hall–Kier alpha value is -1.35. The van der Waals surface area contributed by atoms with Gasteiger partial charge >= 0.3 is 0 Å². The highest BCUT2D eigenvalue weighted by atomic mass is 16.3. The van der Waals surface area contributed by atoms with Gasteiger partial charge in [0, 0.05) is 12.1 Å². The number of aldehydes is 1. The number of carbonyl (C=O) groups excluding carboxylic acids is 1. The van der Waals surface area contributed by atoms with Gasteiger partial charge < -0.3 is 10.4 Å². The number of nitrogens with one attached hydrogen (secondary N) is 1. The normalized spacial score (nSPS) is 21.0. The number of phenolic OH excluding ortho intramolecular Hbond substituents is 1. The quantitative estimate of drug-likeness (QED) is 0.692. The summed E-state index contributed by atoms with van der Waals surface area (Å²) in [4.78, 5) is 10.8. The van der Waals surface area contributed by atoms with E-state index in [1.165, 1.54) is 0 Å². The average Bonchev–Trinajstić information content (AvgIpc) is 2.70. The second-order valence-corrected chi connectivity index (χ2v) is 3.62. The minimum absolute atomic E-state index is 0.234. The smallest absolute Gasteiger partial charge is 0.150 e. The van der Waals surface area contributed by atoms with Crippen molar-refractivity contribution in [1.82, 2.24) is 5.32 Å². The number of carbonyl (C=O) groups is 1. The molecular weight excluding hydrogens is 178 g/mol. The van der Waals surface area contributed by atoms with Gasteiger partial charge in [-0.2, -0.15) is 0 Å². The molecule has 0 radical (unpaired) electrons. The van der Waals surface area contributed by atoms with Crippen LogP contribution in [0.25, 0.3) is 0 Å². The van der Waals surface area contributed by atoms with Crippen molar-refractivity contribution >= 4 is 6.29 Å². The minimum atomic E-state index is 0.234. The van der Waals surface area contributed by atoms with Crippen molar-refractivity contribution in [3.8, 4) is 5.75 Å². The highest BCUT2D eigenvalue weighted by Crippen LogP contribution is 2.27. The van der Waals surface area contributed by atoms with E-state index in [1.54, 1.807) is 18.2 Å². The molecule has 0 aromatic heterocycles. The summed E-state index contributed by atoms with van der Waals surface area (Å²) in [5.41, 5.74) is 1.65. The lowest BCUT2D eigenvalue weighted by Gasteiger charge is -2.11. The van der Waals surface area contributed by atoms with E-state index < -0.39 is 0 Å². The zero-order valence-electron chi connectivity index (χ0n) is 7.86. The van der Waals surface area contributed by atoms with Crippen LogP contribution in [-0.4, -0.2) is 24.5 Å². The molecule has 2 rings (SSSR count). The molecule has 1 atom stereocenters. The summed E-state index contributed by atoms with van der Waals surface area (Å²) in [6, 6.07) is 4.92. The molecule has 2 N–H and O–H groups in total. The average molecular weight is 191 g/mol. The van der Waals surface area contributed by atoms with Gasteiger partial charge in [-0.05, 0) is 42.6 Å². The summed E-state index contributed by atoms with van der Waals surface area (Å²) in [6.45, 7) is 1.88. The van der Waals surface area contributed by atoms with Gasteiger partial charge in [0.25, 0.3) is 0 Å². The number of hydrogen-bond donors (Lipinski definition) is 2. The summed E-state index contributed by atoms with van der Waals surface area (Å²) in [5.74, 6) is 0.597. The topological polar surface area (TPSA) is 49.3 Å². The fourth-order valence-electron chi connectivity index (χ4n) is 1.94. The zero-order chi connectivity index (χ0) is 9.97. The Morgan fingerprint density at radius 2 is 2.36 bits per heavy atom. The van der Waals surface area contributed by atoms with Crippen LogP contribution in [0.2, 0.25) is 0 Å². The third-order valence-electron chi connectivity index (χ3n) is 2.70. The van der Waals surface area contributed by atoms with E-state index in [0.29, 0.717) is 11.5 Å². The molecule has 3 nitrogen and oxygen atoms in total. The third-order valence-corrected chi connectivity index (χ3v) is 2.70. The van der Waals surface area contributed by atoms with Crippen LogP contribution in [0, 0.1) is 0 Å². The van der Waals surface area contributed by atoms with Crippen molar-refractivity contribution in [3.63, 3.8) is 0 Å². The second-order valence-electron chi connectivity index (χ2n) is 3.62. The second kappa shape index (κ2) is 3.80. The van der Waals surface area contributed by atoms with Crippen LogP contribution in [-0.2, 0) is 0 Å². The van der Waals surface area contributed by atoms with Gasteiger partial charge in [0.15, 0.2) is 0 Å². The van der Waals surface area contributed by atoms with Crippen LogP contribution < -0.4 is 5.32 Å². The summed E-state index contributed by atoms with van der Waals surface area (Å²) in [6.07, 6.45) is 1.89. The fraction of sp³-hybridized carbons (Fsp3) is 0.364. The molecule has 0 bridgehead atoms. The Bertz CT molecular complexity index is 343. The van der Waals surface area contributed by atoms with Gasteiger partial charge in [0.1, 0.15) is 12.0 Å². The largest absolute Gasteiger partial charge is 0.508 e. The molecular formula is C11H13NO2. The summed E-state index contributed by atoms with van der Waals surface area (Å²) >= 11 is 0. The van der Waals surface area contributed by atoms with E-state index in [1.807, 2.05) is 0 Å². The maximum atomic E-state index is 10.8. The number of phenols is 1. The van der Waals surface area contributed by atoms with Crippen molar-refractivity contribution in [3.05, 3.63) is 29.3 Å². The van der Waals surface area contributed by atoms with Gasteiger partial charge in [-0.1, -0.05) is 0 Å². The summed E-state index contributed by atoms with van der Waals surface area (Å²) < 4.78 is 0. The molecule has 1 aliphatic heterocycles. The van der Waals surface area contributed by atoms with Gasteiger partial charge in [-0.3, -0.25) is 4.79 Å². The predicted octanol–water partition coefficient (Wildman–Crippen LogP) is 1.28. The van der Waals surface area contributed by atoms with Crippen molar-refractivity contribution < 1.29 is 9.90 Å². The van der Waals surface area contributed by atoms with Crippen LogP contribution >= 0.6 is 0 Å². The molecule has 1 aromatic rings. The van der Waals surface area contributed by atoms with E-state index >= 15 is 0 Å². The molecule has 1 aromatic carbocycles. The third kappa shape index (κ3) is 1.63. The molecule has 1 aliphatic rings. The lowest BCUT2D eigenvalue weighted by Crippen LogP contribution is -2.09. The van der Waals surface area contributed by atoms with Crippen molar-refractivity contribution in [1.29, 1.82) is 0 Å². The fourth-order valence-corrected chi connectivity index (χ4v) is 1.94. The lowest BCUT2D eigenvalue weighted by molar-refractivity contribution is 0.112. The highest BCUT2D eigenvalue weighted by Gasteiger charge is 2.19. The highest BCUT2D eigenvalue weighted by molar-refractivity contribution is 5.78. The minimum Gasteiger partial charge on any atom is -0.508 e. The Morgan fingerprint density at radius 1 is 1.50 bits per heavy atom. The Kier molecular flexibility index (Phi) is 2.50. The van der Waals surface area contributed by atoms with E-state index in [-0.39, 0.29) is 5.75 Å². The molecule has 3 heteroatoms. The number of hydrogen-bond acceptors (Lipinski definition) is 3. The molecule has 14 heavy (non-hydrogen) atoms. The molecule has 74 valence electrons. The summed E-state index contributed by atoms with van der Waals surface area (Å²) in [5, 5.41) is 12.6. The number of aromatic hydroxyl groups is 1. The molecule has 1 saturated heterocycles. The first kappa shape index (κ1) is 9.21. The van der Waals surface area contributed by atoms with Gasteiger partial charge in [0.2, 0.25) is 0 Å². The van der Waals surface area contributed by atoms with Crippen molar-refractivity contribution in [2.24, 2.45) is 0 Å². The van der Waals surface area contributed by atoms with Crippen LogP contribution in [0.15, 0.2) is 18.2 Å². The number of benzene rings is 1. The maximum Gasteiger partial charge on any atom is 0.150 e. The van der Waals surface area contributed by atoms with Crippen LogP contribution in [0.3, 0.4) is 0 Å².